The Bertz CT molecular complexity index is 980. The molecule has 176 valence electrons. The van der Waals surface area contributed by atoms with Crippen molar-refractivity contribution in [2.75, 3.05) is 6.54 Å². The third-order valence-electron chi connectivity index (χ3n) is 2.86. The minimum atomic E-state index is -0.152. The van der Waals surface area contributed by atoms with Crippen LogP contribution in [0.3, 0.4) is 0 Å². The molecule has 0 unspecified atom stereocenters. The molecule has 32 heavy (non-hydrogen) atoms. The van der Waals surface area contributed by atoms with Crippen molar-refractivity contribution in [3.63, 3.8) is 0 Å². The van der Waals surface area contributed by atoms with Crippen LogP contribution in [0, 0.1) is 5.41 Å². The number of hydrogen-bond acceptors (Lipinski definition) is 5. The molecule has 2 aromatic rings. The monoisotopic (exact) mass is 581 g/mol. The number of aldehydes is 1. The Hall–Kier alpha value is -1.49. The lowest BCUT2D eigenvalue weighted by molar-refractivity contribution is 0.112. The third kappa shape index (κ3) is 11.9. The molecule has 2 rings (SSSR count). The first-order valence-electron chi connectivity index (χ1n) is 7.83. The van der Waals surface area contributed by atoms with E-state index in [1.165, 1.54) is 12.3 Å². The first kappa shape index (κ1) is 32.7. The highest BCUT2D eigenvalue weighted by Gasteiger charge is 2.08. The second-order valence-corrected chi connectivity index (χ2v) is 7.52. The Labute approximate surface area is 220 Å². The summed E-state index contributed by atoms with van der Waals surface area (Å²) in [5.41, 5.74) is 20.4. The Kier molecular flexibility index (Phi) is 17.4. The molecule has 2 aromatic carbocycles. The Morgan fingerprint density at radius 2 is 1.22 bits per heavy atom. The zero-order chi connectivity index (χ0) is 24.1. The second-order valence-electron chi connectivity index (χ2n) is 5.13. The minimum Gasteiger partial charge on any atom is -0.387 e. The van der Waals surface area contributed by atoms with Crippen LogP contribution >= 0.6 is 82.0 Å². The van der Waals surface area contributed by atoms with Crippen LogP contribution in [0.4, 0.5) is 0 Å². The molecule has 9 N–H and O–H groups in total. The average molecular weight is 585 g/mol. The summed E-state index contributed by atoms with van der Waals surface area (Å²) in [6, 6.07) is 6.26. The van der Waals surface area contributed by atoms with Gasteiger partial charge in [-0.1, -0.05) is 69.6 Å². The van der Waals surface area contributed by atoms with Crippen molar-refractivity contribution in [3.8, 4) is 0 Å². The third-order valence-corrected chi connectivity index (χ3v) is 5.15. The van der Waals surface area contributed by atoms with E-state index in [0.717, 1.165) is 0 Å². The van der Waals surface area contributed by atoms with Crippen LogP contribution in [0.2, 0.25) is 30.1 Å². The van der Waals surface area contributed by atoms with Crippen molar-refractivity contribution in [1.82, 2.24) is 0 Å². The molecule has 0 saturated carbocycles. The van der Waals surface area contributed by atoms with Gasteiger partial charge in [0.2, 0.25) is 5.96 Å². The van der Waals surface area contributed by atoms with Crippen LogP contribution in [0.25, 0.3) is 0 Å². The van der Waals surface area contributed by atoms with Gasteiger partial charge in [0.05, 0.1) is 48.5 Å². The predicted octanol–water partition coefficient (Wildman–Crippen LogP) is 5.02. The van der Waals surface area contributed by atoms with Gasteiger partial charge in [-0.2, -0.15) is 5.10 Å². The molecule has 0 aliphatic carbocycles. The summed E-state index contributed by atoms with van der Waals surface area (Å²) in [6.45, 7) is 0.167. The number of carbonyl (C=O) groups is 1. The predicted molar refractivity (Wildman–Crippen MR) is 140 cm³/mol. The summed E-state index contributed by atoms with van der Waals surface area (Å²) >= 11 is 34.4. The van der Waals surface area contributed by atoms with Crippen molar-refractivity contribution in [3.05, 3.63) is 65.5 Å². The molecule has 0 radical (unpaired) electrons. The van der Waals surface area contributed by atoms with Crippen molar-refractivity contribution < 1.29 is 4.79 Å². The van der Waals surface area contributed by atoms with E-state index in [4.69, 9.17) is 97.9 Å². The van der Waals surface area contributed by atoms with Crippen molar-refractivity contribution in [2.24, 2.45) is 33.1 Å². The summed E-state index contributed by atoms with van der Waals surface area (Å²) in [4.78, 5) is 10.4. The highest BCUT2D eigenvalue weighted by molar-refractivity contribution is 6.46. The van der Waals surface area contributed by atoms with Crippen LogP contribution in [-0.4, -0.2) is 30.8 Å². The number of carbonyl (C=O) groups excluding carboxylic acids is 1. The summed E-state index contributed by atoms with van der Waals surface area (Å²) in [7, 11) is 0. The normalized spacial score (nSPS) is 9.47. The number of guanidine groups is 1. The van der Waals surface area contributed by atoms with Gasteiger partial charge < -0.3 is 22.9 Å². The Morgan fingerprint density at radius 3 is 1.56 bits per heavy atom. The van der Waals surface area contributed by atoms with Crippen LogP contribution in [-0.2, 0) is 0 Å². The number of amidine groups is 1. The zero-order valence-corrected chi connectivity index (χ0v) is 21.3. The zero-order valence-electron chi connectivity index (χ0n) is 16.0. The molecule has 8 nitrogen and oxygen atoms in total. The fourth-order valence-corrected chi connectivity index (χ4v) is 2.72. The van der Waals surface area contributed by atoms with Gasteiger partial charge >= 0.3 is 0 Å². The van der Waals surface area contributed by atoms with Crippen molar-refractivity contribution in [1.29, 1.82) is 5.41 Å². The maximum atomic E-state index is 10.4. The van der Waals surface area contributed by atoms with Crippen LogP contribution in [0.15, 0.2) is 34.5 Å². The summed E-state index contributed by atoms with van der Waals surface area (Å²) < 4.78 is 0. The van der Waals surface area contributed by atoms with Crippen LogP contribution in [0.5, 0.6) is 0 Å². The molecule has 15 heteroatoms. The topological polar surface area (TPSA) is 170 Å². The highest BCUT2D eigenvalue weighted by atomic mass is 35.5. The highest BCUT2D eigenvalue weighted by Crippen LogP contribution is 2.30. The quantitative estimate of drug-likeness (QED) is 0.112. The fraction of sp³-hybridized carbons (Fsp3) is 0.0588. The van der Waals surface area contributed by atoms with E-state index in [1.54, 1.807) is 18.2 Å². The lowest BCUT2D eigenvalue weighted by Gasteiger charge is -2.01. The summed E-state index contributed by atoms with van der Waals surface area (Å²) in [6.07, 6.45) is 1.91. The maximum Gasteiger partial charge on any atom is 0.211 e. The molecule has 0 aliphatic rings. The average Bonchev–Trinajstić information content (AvgIpc) is 2.71. The molecule has 0 bridgehead atoms. The Morgan fingerprint density at radius 1 is 0.844 bits per heavy atom. The van der Waals surface area contributed by atoms with Crippen LogP contribution in [0.1, 0.15) is 15.9 Å². The van der Waals surface area contributed by atoms with Gasteiger partial charge in [-0.3, -0.25) is 10.2 Å². The summed E-state index contributed by atoms with van der Waals surface area (Å²) in [5, 5.41) is 15.3. The fourth-order valence-electron chi connectivity index (χ4n) is 1.47. The van der Waals surface area contributed by atoms with Gasteiger partial charge in [-0.25, -0.2) is 0 Å². The number of nitrogens with two attached hydrogens (primary N) is 4. The van der Waals surface area contributed by atoms with E-state index in [0.29, 0.717) is 37.0 Å². The van der Waals surface area contributed by atoms with Crippen molar-refractivity contribution in [2.45, 2.75) is 0 Å². The van der Waals surface area contributed by atoms with E-state index in [1.807, 2.05) is 0 Å². The molecule has 0 heterocycles. The first-order valence-corrected chi connectivity index (χ1v) is 10.1. The molecular formula is C17H18Cl7N7O. The van der Waals surface area contributed by atoms with E-state index in [-0.39, 0.29) is 41.3 Å². The molecule has 0 fully saturated rings. The van der Waals surface area contributed by atoms with Gasteiger partial charge in [0.15, 0.2) is 6.29 Å². The molecule has 0 atom stereocenters. The number of benzene rings is 2. The molecular weight excluding hydrogens is 566 g/mol. The molecule has 0 spiro atoms. The maximum absolute atomic E-state index is 10.4. The van der Waals surface area contributed by atoms with E-state index in [9.17, 15) is 4.79 Å². The largest absolute Gasteiger partial charge is 0.387 e. The van der Waals surface area contributed by atoms with E-state index < -0.39 is 0 Å². The van der Waals surface area contributed by atoms with Gasteiger partial charge in [0.25, 0.3) is 0 Å². The van der Waals surface area contributed by atoms with Gasteiger partial charge in [0, 0.05) is 5.56 Å². The number of nitrogens with one attached hydrogen (secondary N) is 1. The van der Waals surface area contributed by atoms with E-state index >= 15 is 0 Å². The molecule has 0 aromatic heterocycles. The summed E-state index contributed by atoms with van der Waals surface area (Å²) in [5.74, 6) is -0.120. The Balaban J connectivity index is 0. The first-order chi connectivity index (χ1) is 14.5. The number of halogens is 7. The van der Waals surface area contributed by atoms with Gasteiger partial charge in [0.1, 0.15) is 5.84 Å². The molecule has 0 amide bonds. The van der Waals surface area contributed by atoms with Crippen molar-refractivity contribution >= 4 is 106 Å². The second kappa shape index (κ2) is 17.0. The smallest absolute Gasteiger partial charge is 0.211 e. The van der Waals surface area contributed by atoms with Gasteiger partial charge in [-0.05, 0) is 24.3 Å². The number of nitrogens with zero attached hydrogens (tertiary/aromatic N) is 2. The lowest BCUT2D eigenvalue weighted by atomic mass is 10.2. The SMILES string of the molecule is Cl.N=C(N)CN.NC(N)=N/N=C/c1c(Cl)ccc(Cl)c1Cl.O=Cc1c(Cl)ccc(Cl)c1Cl. The molecule has 0 saturated heterocycles. The lowest BCUT2D eigenvalue weighted by Crippen LogP contribution is -2.21. The number of hydrogen-bond donors (Lipinski definition) is 5. The minimum absolute atomic E-state index is 0. The van der Waals surface area contributed by atoms with Gasteiger partial charge in [-0.15, -0.1) is 17.5 Å². The van der Waals surface area contributed by atoms with Crippen LogP contribution < -0.4 is 22.9 Å². The standard InChI is InChI=1S/C8H7Cl3N4.C7H3Cl3O.C2H7N3.ClH/c9-5-1-2-6(10)7(11)4(5)3-14-15-8(12)13;8-5-1-2-6(9)7(10)4(5)3-11;3-1-2(4)5;/h1-3H,(H4,12,13,15);1-3H;1,3H2,(H3,4,5);1H/b14-3+;;;. The number of rotatable bonds is 4. The molecule has 0 aliphatic heterocycles. The van der Waals surface area contributed by atoms with E-state index in [2.05, 4.69) is 10.2 Å².